The van der Waals surface area contributed by atoms with E-state index in [-0.39, 0.29) is 11.7 Å². The largest absolute Gasteiger partial charge is 0.272 e. The highest BCUT2D eigenvalue weighted by Gasteiger charge is 2.17. The van der Waals surface area contributed by atoms with Crippen LogP contribution in [0.2, 0.25) is 15.1 Å². The summed E-state index contributed by atoms with van der Waals surface area (Å²) >= 11 is 19.4. The van der Waals surface area contributed by atoms with Gasteiger partial charge >= 0.3 is 0 Å². The van der Waals surface area contributed by atoms with Crippen LogP contribution in [0.15, 0.2) is 77.0 Å². The third-order valence-corrected chi connectivity index (χ3v) is 6.97. The standard InChI is InChI=1S/C25H20Cl3N5OS/c1-15-3-10-20(11-4-15)33-24(17-5-8-19(26)9-6-17)31-32-25(33)35-14-23(34)30-29-16(2)18-7-12-21(27)22(28)13-18/h3-13H,14H2,1-2H3,(H,30,34)/b29-16+. The molecule has 1 heterocycles. The molecule has 0 radical (unpaired) electrons. The molecule has 0 aliphatic heterocycles. The first-order valence-corrected chi connectivity index (χ1v) is 12.6. The van der Waals surface area contributed by atoms with Crippen LogP contribution in [0.1, 0.15) is 18.1 Å². The van der Waals surface area contributed by atoms with Gasteiger partial charge in [-0.05, 0) is 67.9 Å². The van der Waals surface area contributed by atoms with Crippen LogP contribution in [0.3, 0.4) is 0 Å². The summed E-state index contributed by atoms with van der Waals surface area (Å²) < 4.78 is 1.92. The number of aryl methyl sites for hydroxylation is 1. The molecule has 0 saturated heterocycles. The predicted octanol–water partition coefficient (Wildman–Crippen LogP) is 6.84. The van der Waals surface area contributed by atoms with Crippen molar-refractivity contribution in [3.8, 4) is 17.1 Å². The average molecular weight is 545 g/mol. The van der Waals surface area contributed by atoms with Gasteiger partial charge in [0.1, 0.15) is 0 Å². The van der Waals surface area contributed by atoms with Gasteiger partial charge in [0.15, 0.2) is 11.0 Å². The highest BCUT2D eigenvalue weighted by Crippen LogP contribution is 2.29. The quantitative estimate of drug-likeness (QED) is 0.157. The van der Waals surface area contributed by atoms with E-state index in [4.69, 9.17) is 34.8 Å². The van der Waals surface area contributed by atoms with Crippen LogP contribution in [0.4, 0.5) is 0 Å². The zero-order chi connectivity index (χ0) is 24.9. The normalized spacial score (nSPS) is 11.5. The van der Waals surface area contributed by atoms with Crippen molar-refractivity contribution in [2.75, 3.05) is 5.75 Å². The number of benzene rings is 3. The van der Waals surface area contributed by atoms with Crippen molar-refractivity contribution in [3.05, 3.63) is 92.9 Å². The molecule has 0 unspecified atom stereocenters. The van der Waals surface area contributed by atoms with Gasteiger partial charge in [-0.1, -0.05) is 70.3 Å². The van der Waals surface area contributed by atoms with Gasteiger partial charge in [-0.3, -0.25) is 9.36 Å². The molecular weight excluding hydrogens is 525 g/mol. The van der Waals surface area contributed by atoms with Crippen LogP contribution in [0, 0.1) is 6.92 Å². The number of thioether (sulfide) groups is 1. The van der Waals surface area contributed by atoms with Gasteiger partial charge in [0.05, 0.1) is 21.5 Å². The number of hydrazone groups is 1. The van der Waals surface area contributed by atoms with Crippen molar-refractivity contribution in [3.63, 3.8) is 0 Å². The van der Waals surface area contributed by atoms with E-state index in [0.29, 0.717) is 31.8 Å². The molecule has 10 heteroatoms. The van der Waals surface area contributed by atoms with Crippen molar-refractivity contribution >= 4 is 58.2 Å². The second-order valence-electron chi connectivity index (χ2n) is 7.63. The predicted molar refractivity (Wildman–Crippen MR) is 144 cm³/mol. The lowest BCUT2D eigenvalue weighted by molar-refractivity contribution is -0.118. The number of nitrogens with one attached hydrogen (secondary N) is 1. The Hall–Kier alpha value is -2.84. The van der Waals surface area contributed by atoms with Crippen LogP contribution in [-0.4, -0.2) is 32.1 Å². The zero-order valence-electron chi connectivity index (χ0n) is 18.8. The first-order chi connectivity index (χ1) is 16.8. The molecule has 178 valence electrons. The van der Waals surface area contributed by atoms with E-state index in [1.165, 1.54) is 11.8 Å². The number of carbonyl (C=O) groups is 1. The van der Waals surface area contributed by atoms with E-state index in [1.54, 1.807) is 37.3 Å². The molecule has 35 heavy (non-hydrogen) atoms. The first kappa shape index (κ1) is 25.3. The zero-order valence-corrected chi connectivity index (χ0v) is 21.9. The van der Waals surface area contributed by atoms with Crippen molar-refractivity contribution in [1.29, 1.82) is 0 Å². The van der Waals surface area contributed by atoms with Crippen molar-refractivity contribution in [2.45, 2.75) is 19.0 Å². The number of halogens is 3. The lowest BCUT2D eigenvalue weighted by Gasteiger charge is -2.11. The Morgan fingerprint density at radius 3 is 2.37 bits per heavy atom. The van der Waals surface area contributed by atoms with Crippen LogP contribution in [-0.2, 0) is 4.79 Å². The molecule has 0 fully saturated rings. The minimum absolute atomic E-state index is 0.1000. The van der Waals surface area contributed by atoms with E-state index in [2.05, 4.69) is 20.7 Å². The van der Waals surface area contributed by atoms with E-state index >= 15 is 0 Å². The Labute approximate surface area is 222 Å². The summed E-state index contributed by atoms with van der Waals surface area (Å²) in [7, 11) is 0. The molecule has 1 aromatic heterocycles. The van der Waals surface area contributed by atoms with Gasteiger partial charge in [0, 0.05) is 16.3 Å². The minimum Gasteiger partial charge on any atom is -0.272 e. The third-order valence-electron chi connectivity index (χ3n) is 5.05. The van der Waals surface area contributed by atoms with Gasteiger partial charge in [0.25, 0.3) is 5.91 Å². The molecule has 0 aliphatic carbocycles. The Bertz CT molecular complexity index is 1390. The summed E-state index contributed by atoms with van der Waals surface area (Å²) in [5.41, 5.74) is 6.84. The summed E-state index contributed by atoms with van der Waals surface area (Å²) in [4.78, 5) is 12.5. The van der Waals surface area contributed by atoms with Gasteiger partial charge < -0.3 is 0 Å². The summed E-state index contributed by atoms with van der Waals surface area (Å²) in [6.07, 6.45) is 0. The van der Waals surface area contributed by atoms with Gasteiger partial charge in [0.2, 0.25) is 0 Å². The second kappa shape index (κ2) is 11.3. The van der Waals surface area contributed by atoms with E-state index in [9.17, 15) is 4.79 Å². The maximum absolute atomic E-state index is 12.5. The van der Waals surface area contributed by atoms with E-state index < -0.39 is 0 Å². The molecule has 0 aliphatic rings. The molecule has 1 amide bonds. The third kappa shape index (κ3) is 6.24. The van der Waals surface area contributed by atoms with Gasteiger partial charge in [-0.25, -0.2) is 5.43 Å². The fourth-order valence-corrected chi connectivity index (χ4v) is 4.34. The molecule has 4 aromatic rings. The van der Waals surface area contributed by atoms with Crippen molar-refractivity contribution < 1.29 is 4.79 Å². The molecule has 3 aromatic carbocycles. The molecule has 0 atom stereocenters. The van der Waals surface area contributed by atoms with Gasteiger partial charge in [-0.2, -0.15) is 5.10 Å². The summed E-state index contributed by atoms with van der Waals surface area (Å²) in [5.74, 6) is 0.478. The van der Waals surface area contributed by atoms with Crippen LogP contribution in [0.25, 0.3) is 17.1 Å². The topological polar surface area (TPSA) is 72.2 Å². The van der Waals surface area contributed by atoms with Crippen LogP contribution in [0.5, 0.6) is 0 Å². The number of carbonyl (C=O) groups excluding carboxylic acids is 1. The number of nitrogens with zero attached hydrogens (tertiary/aromatic N) is 4. The molecule has 0 bridgehead atoms. The molecule has 6 nitrogen and oxygen atoms in total. The number of aromatic nitrogens is 3. The maximum Gasteiger partial charge on any atom is 0.250 e. The summed E-state index contributed by atoms with van der Waals surface area (Å²) in [6, 6.07) is 20.6. The SMILES string of the molecule is C/C(=N\NC(=O)CSc1nnc(-c2ccc(Cl)cc2)n1-c1ccc(C)cc1)c1ccc(Cl)c(Cl)c1. The van der Waals surface area contributed by atoms with Crippen molar-refractivity contribution in [1.82, 2.24) is 20.2 Å². The van der Waals surface area contributed by atoms with Gasteiger partial charge in [-0.15, -0.1) is 10.2 Å². The number of amides is 1. The Balaban J connectivity index is 1.52. The highest BCUT2D eigenvalue weighted by molar-refractivity contribution is 7.99. The fraction of sp³-hybridized carbons (Fsp3) is 0.120. The molecule has 1 N–H and O–H groups in total. The maximum atomic E-state index is 12.5. The Morgan fingerprint density at radius 2 is 1.69 bits per heavy atom. The number of hydrogen-bond acceptors (Lipinski definition) is 5. The summed E-state index contributed by atoms with van der Waals surface area (Å²) in [5, 5.41) is 15.0. The lowest BCUT2D eigenvalue weighted by Crippen LogP contribution is -2.21. The molecule has 0 saturated carbocycles. The summed E-state index contributed by atoms with van der Waals surface area (Å²) in [6.45, 7) is 3.80. The molecular formula is C25H20Cl3N5OS. The average Bonchev–Trinajstić information content (AvgIpc) is 3.27. The van der Waals surface area contributed by atoms with E-state index in [0.717, 1.165) is 22.4 Å². The Morgan fingerprint density at radius 1 is 0.971 bits per heavy atom. The van der Waals surface area contributed by atoms with Crippen molar-refractivity contribution in [2.24, 2.45) is 5.10 Å². The minimum atomic E-state index is -0.277. The fourth-order valence-electron chi connectivity index (χ4n) is 3.17. The van der Waals surface area contributed by atoms with Crippen LogP contribution >= 0.6 is 46.6 Å². The first-order valence-electron chi connectivity index (χ1n) is 10.5. The Kier molecular flexibility index (Phi) is 8.13. The number of hydrogen-bond donors (Lipinski definition) is 1. The van der Waals surface area contributed by atoms with Crippen LogP contribution < -0.4 is 5.43 Å². The lowest BCUT2D eigenvalue weighted by atomic mass is 10.1. The molecule has 0 spiro atoms. The molecule has 4 rings (SSSR count). The van der Waals surface area contributed by atoms with E-state index in [1.807, 2.05) is 47.9 Å². The highest BCUT2D eigenvalue weighted by atomic mass is 35.5. The smallest absolute Gasteiger partial charge is 0.250 e. The monoisotopic (exact) mass is 543 g/mol. The number of rotatable bonds is 7. The second-order valence-corrected chi connectivity index (χ2v) is 9.83.